The molecular formula is C13H18N4O. The van der Waals surface area contributed by atoms with Crippen molar-refractivity contribution in [2.75, 3.05) is 17.6 Å². The first-order chi connectivity index (χ1) is 8.35. The van der Waals surface area contributed by atoms with E-state index in [9.17, 15) is 4.79 Å². The zero-order valence-corrected chi connectivity index (χ0v) is 10.9. The summed E-state index contributed by atoms with van der Waals surface area (Å²) in [5.41, 5.74) is 6.80. The third-order valence-corrected chi connectivity index (χ3v) is 2.52. The third kappa shape index (κ3) is 2.80. The number of anilines is 2. The average molecular weight is 246 g/mol. The molecular weight excluding hydrogens is 228 g/mol. The molecule has 18 heavy (non-hydrogen) atoms. The lowest BCUT2D eigenvalue weighted by Crippen LogP contribution is -2.22. The number of nitrogens with one attached hydrogen (secondary N) is 2. The van der Waals surface area contributed by atoms with Crippen LogP contribution in [0.2, 0.25) is 0 Å². The molecule has 96 valence electrons. The van der Waals surface area contributed by atoms with Gasteiger partial charge in [-0.2, -0.15) is 0 Å². The summed E-state index contributed by atoms with van der Waals surface area (Å²) in [4.78, 5) is 19.0. The monoisotopic (exact) mass is 246 g/mol. The minimum absolute atomic E-state index is 0.120. The Morgan fingerprint density at radius 1 is 1.39 bits per heavy atom. The van der Waals surface area contributed by atoms with Gasteiger partial charge in [-0.3, -0.25) is 9.78 Å². The zero-order valence-electron chi connectivity index (χ0n) is 10.9. The molecule has 0 aliphatic rings. The summed E-state index contributed by atoms with van der Waals surface area (Å²) in [5.74, 6) is 0.493. The molecule has 0 saturated carbocycles. The van der Waals surface area contributed by atoms with Gasteiger partial charge in [-0.15, -0.1) is 0 Å². The highest BCUT2D eigenvalue weighted by atomic mass is 16.1. The van der Waals surface area contributed by atoms with Crippen LogP contribution in [0, 0.1) is 5.41 Å². The second kappa shape index (κ2) is 4.33. The molecule has 0 aliphatic carbocycles. The standard InChI is InChI=1S/C13H18N4O/c1-13(2,3)7-15-12-16-10-5-4-8(14)6-9(10)11(18)17-12/h4-6H,7,14H2,1-3H3,(H2,15,16,17,18). The summed E-state index contributed by atoms with van der Waals surface area (Å²) in [6, 6.07) is 5.12. The molecule has 0 amide bonds. The van der Waals surface area contributed by atoms with Crippen LogP contribution in [-0.2, 0) is 0 Å². The van der Waals surface area contributed by atoms with Crippen molar-refractivity contribution in [1.82, 2.24) is 9.97 Å². The van der Waals surface area contributed by atoms with Crippen LogP contribution in [-0.4, -0.2) is 16.5 Å². The normalized spacial score (nSPS) is 11.7. The lowest BCUT2D eigenvalue weighted by Gasteiger charge is -2.18. The van der Waals surface area contributed by atoms with Gasteiger partial charge in [0.25, 0.3) is 5.56 Å². The maximum absolute atomic E-state index is 11.9. The van der Waals surface area contributed by atoms with E-state index < -0.39 is 0 Å². The second-order valence-electron chi connectivity index (χ2n) is 5.61. The molecule has 0 atom stereocenters. The number of rotatable bonds is 2. The van der Waals surface area contributed by atoms with Gasteiger partial charge < -0.3 is 11.1 Å². The first kappa shape index (κ1) is 12.4. The Balaban J connectivity index is 2.38. The lowest BCUT2D eigenvalue weighted by molar-refractivity contribution is 0.442. The number of nitrogen functional groups attached to an aromatic ring is 1. The number of fused-ring (bicyclic) bond motifs is 1. The van der Waals surface area contributed by atoms with Crippen LogP contribution in [0.3, 0.4) is 0 Å². The van der Waals surface area contributed by atoms with E-state index in [1.165, 1.54) is 0 Å². The van der Waals surface area contributed by atoms with Gasteiger partial charge in [0.15, 0.2) is 0 Å². The fourth-order valence-electron chi connectivity index (χ4n) is 1.59. The number of nitrogens with zero attached hydrogens (tertiary/aromatic N) is 1. The Bertz CT molecular complexity index is 625. The van der Waals surface area contributed by atoms with Gasteiger partial charge in [0.2, 0.25) is 5.95 Å². The Hall–Kier alpha value is -2.04. The number of nitrogens with two attached hydrogens (primary N) is 1. The fourth-order valence-corrected chi connectivity index (χ4v) is 1.59. The molecule has 0 unspecified atom stereocenters. The topological polar surface area (TPSA) is 83.8 Å². The molecule has 5 heteroatoms. The summed E-state index contributed by atoms with van der Waals surface area (Å²) in [7, 11) is 0. The number of hydrogen-bond acceptors (Lipinski definition) is 4. The number of aromatic nitrogens is 2. The number of H-pyrrole nitrogens is 1. The van der Waals surface area contributed by atoms with Crippen LogP contribution in [0.5, 0.6) is 0 Å². The van der Waals surface area contributed by atoms with Crippen molar-refractivity contribution in [1.29, 1.82) is 0 Å². The molecule has 2 aromatic rings. The van der Waals surface area contributed by atoms with E-state index in [1.807, 2.05) is 0 Å². The summed E-state index contributed by atoms with van der Waals surface area (Å²) >= 11 is 0. The lowest BCUT2D eigenvalue weighted by atomic mass is 9.97. The molecule has 0 fully saturated rings. The molecule has 0 aliphatic heterocycles. The number of hydrogen-bond donors (Lipinski definition) is 3. The van der Waals surface area contributed by atoms with Gasteiger partial charge in [0, 0.05) is 12.2 Å². The van der Waals surface area contributed by atoms with Crippen molar-refractivity contribution < 1.29 is 0 Å². The summed E-state index contributed by atoms with van der Waals surface area (Å²) in [6.07, 6.45) is 0. The van der Waals surface area contributed by atoms with E-state index in [0.717, 1.165) is 6.54 Å². The molecule has 2 rings (SSSR count). The second-order valence-corrected chi connectivity index (χ2v) is 5.61. The van der Waals surface area contributed by atoms with Gasteiger partial charge in [0.05, 0.1) is 10.9 Å². The van der Waals surface area contributed by atoms with Crippen LogP contribution in [0.4, 0.5) is 11.6 Å². The number of benzene rings is 1. The minimum atomic E-state index is -0.177. The molecule has 0 radical (unpaired) electrons. The first-order valence-electron chi connectivity index (χ1n) is 5.89. The van der Waals surface area contributed by atoms with Gasteiger partial charge in [-0.1, -0.05) is 20.8 Å². The maximum atomic E-state index is 11.9. The summed E-state index contributed by atoms with van der Waals surface area (Å²) in [6.45, 7) is 7.07. The van der Waals surface area contributed by atoms with E-state index in [2.05, 4.69) is 36.1 Å². The van der Waals surface area contributed by atoms with Crippen molar-refractivity contribution in [3.05, 3.63) is 28.6 Å². The van der Waals surface area contributed by atoms with Crippen LogP contribution < -0.4 is 16.6 Å². The van der Waals surface area contributed by atoms with Crippen LogP contribution in [0.15, 0.2) is 23.0 Å². The molecule has 0 bridgehead atoms. The van der Waals surface area contributed by atoms with E-state index in [-0.39, 0.29) is 11.0 Å². The molecule has 1 aromatic carbocycles. The average Bonchev–Trinajstić information content (AvgIpc) is 2.26. The molecule has 4 N–H and O–H groups in total. The zero-order chi connectivity index (χ0) is 13.3. The van der Waals surface area contributed by atoms with E-state index >= 15 is 0 Å². The Labute approximate surface area is 105 Å². The quantitative estimate of drug-likeness (QED) is 0.707. The van der Waals surface area contributed by atoms with E-state index in [1.54, 1.807) is 18.2 Å². The molecule has 0 spiro atoms. The first-order valence-corrected chi connectivity index (χ1v) is 5.89. The van der Waals surface area contributed by atoms with E-state index in [0.29, 0.717) is 22.5 Å². The van der Waals surface area contributed by atoms with Crippen molar-refractivity contribution in [2.45, 2.75) is 20.8 Å². The smallest absolute Gasteiger partial charge is 0.260 e. The summed E-state index contributed by atoms with van der Waals surface area (Å²) < 4.78 is 0. The largest absolute Gasteiger partial charge is 0.399 e. The molecule has 5 nitrogen and oxygen atoms in total. The van der Waals surface area contributed by atoms with Gasteiger partial charge in [-0.05, 0) is 23.6 Å². The van der Waals surface area contributed by atoms with Crippen molar-refractivity contribution in [3.8, 4) is 0 Å². The third-order valence-electron chi connectivity index (χ3n) is 2.52. The van der Waals surface area contributed by atoms with Gasteiger partial charge in [-0.25, -0.2) is 4.98 Å². The predicted molar refractivity (Wildman–Crippen MR) is 74.7 cm³/mol. The summed E-state index contributed by atoms with van der Waals surface area (Å²) in [5, 5.41) is 3.64. The Morgan fingerprint density at radius 3 is 2.78 bits per heavy atom. The maximum Gasteiger partial charge on any atom is 0.260 e. The fraction of sp³-hybridized carbons (Fsp3) is 0.385. The predicted octanol–water partition coefficient (Wildman–Crippen LogP) is 1.96. The molecule has 1 aromatic heterocycles. The van der Waals surface area contributed by atoms with Gasteiger partial charge in [0.1, 0.15) is 0 Å². The van der Waals surface area contributed by atoms with Crippen molar-refractivity contribution in [3.63, 3.8) is 0 Å². The minimum Gasteiger partial charge on any atom is -0.399 e. The molecule has 1 heterocycles. The van der Waals surface area contributed by atoms with Gasteiger partial charge >= 0.3 is 0 Å². The SMILES string of the molecule is CC(C)(C)CNc1nc2ccc(N)cc2c(=O)[nH]1. The van der Waals surface area contributed by atoms with E-state index in [4.69, 9.17) is 5.73 Å². The van der Waals surface area contributed by atoms with Crippen molar-refractivity contribution in [2.24, 2.45) is 5.41 Å². The molecule has 0 saturated heterocycles. The van der Waals surface area contributed by atoms with Crippen LogP contribution in [0.1, 0.15) is 20.8 Å². The highest BCUT2D eigenvalue weighted by Gasteiger charge is 2.11. The highest BCUT2D eigenvalue weighted by molar-refractivity contribution is 5.81. The Kier molecular flexibility index (Phi) is 2.98. The van der Waals surface area contributed by atoms with Crippen LogP contribution in [0.25, 0.3) is 10.9 Å². The van der Waals surface area contributed by atoms with Crippen molar-refractivity contribution >= 4 is 22.5 Å². The highest BCUT2D eigenvalue weighted by Crippen LogP contribution is 2.15. The Morgan fingerprint density at radius 2 is 2.11 bits per heavy atom. The van der Waals surface area contributed by atoms with Crippen LogP contribution >= 0.6 is 0 Å². The number of aromatic amines is 1.